The number of nitrogens with one attached hydrogen (secondary N) is 1. The second-order valence-corrected chi connectivity index (χ2v) is 7.19. The van der Waals surface area contributed by atoms with Gasteiger partial charge in [-0.3, -0.25) is 4.21 Å². The molecular formula is C13H14BrNO2S. The summed E-state index contributed by atoms with van der Waals surface area (Å²) in [5.41, 5.74) is 0.874. The second-order valence-electron chi connectivity index (χ2n) is 4.72. The number of fused-ring (bicyclic) bond motifs is 1. The lowest BCUT2D eigenvalue weighted by Gasteiger charge is -2.26. The molecule has 96 valence electrons. The van der Waals surface area contributed by atoms with Gasteiger partial charge in [0.25, 0.3) is 0 Å². The van der Waals surface area contributed by atoms with E-state index in [1.54, 1.807) is 0 Å². The van der Waals surface area contributed by atoms with E-state index >= 15 is 0 Å². The number of hydrogen-bond acceptors (Lipinski definition) is 3. The molecule has 1 fully saturated rings. The average Bonchev–Trinajstić information content (AvgIpc) is 2.70. The maximum atomic E-state index is 11.7. The number of hydrogen-bond donors (Lipinski definition) is 1. The van der Waals surface area contributed by atoms with Crippen LogP contribution in [0.4, 0.5) is 0 Å². The first kappa shape index (κ1) is 12.4. The fourth-order valence-corrected chi connectivity index (χ4v) is 4.14. The van der Waals surface area contributed by atoms with Gasteiger partial charge in [0, 0.05) is 38.2 Å². The minimum absolute atomic E-state index is 0.0563. The Morgan fingerprint density at radius 2 is 2.22 bits per heavy atom. The van der Waals surface area contributed by atoms with Crippen molar-refractivity contribution in [2.24, 2.45) is 0 Å². The largest absolute Gasteiger partial charge is 0.459 e. The Hall–Kier alpha value is -0.650. The van der Waals surface area contributed by atoms with Crippen LogP contribution in [-0.4, -0.2) is 21.8 Å². The van der Waals surface area contributed by atoms with Crippen molar-refractivity contribution in [3.8, 4) is 0 Å². The Morgan fingerprint density at radius 3 is 3.00 bits per heavy atom. The molecule has 0 radical (unpaired) electrons. The van der Waals surface area contributed by atoms with Crippen LogP contribution in [0.1, 0.15) is 18.7 Å². The average molecular weight is 328 g/mol. The lowest BCUT2D eigenvalue weighted by molar-refractivity contribution is 0.416. The predicted octanol–water partition coefficient (Wildman–Crippen LogP) is 2.98. The van der Waals surface area contributed by atoms with Crippen molar-refractivity contribution >= 4 is 37.7 Å². The van der Waals surface area contributed by atoms with Crippen LogP contribution in [0.15, 0.2) is 33.2 Å². The zero-order valence-electron chi connectivity index (χ0n) is 9.98. The van der Waals surface area contributed by atoms with E-state index in [4.69, 9.17) is 4.42 Å². The third-order valence-corrected chi connectivity index (χ3v) is 5.19. The maximum absolute atomic E-state index is 11.7. The molecule has 1 N–H and O–H groups in total. The van der Waals surface area contributed by atoms with Gasteiger partial charge in [0.2, 0.25) is 0 Å². The predicted molar refractivity (Wildman–Crippen MR) is 77.1 cm³/mol. The molecule has 1 saturated heterocycles. The first-order valence-electron chi connectivity index (χ1n) is 5.92. The van der Waals surface area contributed by atoms with Gasteiger partial charge in [-0.2, -0.15) is 0 Å². The fraction of sp³-hybridized carbons (Fsp3) is 0.385. The van der Waals surface area contributed by atoms with E-state index in [0.29, 0.717) is 5.75 Å². The minimum Gasteiger partial charge on any atom is -0.459 e. The van der Waals surface area contributed by atoms with Crippen molar-refractivity contribution in [3.05, 3.63) is 34.5 Å². The van der Waals surface area contributed by atoms with Crippen LogP contribution in [-0.2, 0) is 10.8 Å². The number of furan rings is 1. The number of benzene rings is 1. The van der Waals surface area contributed by atoms with Gasteiger partial charge in [-0.05, 0) is 31.2 Å². The topological polar surface area (TPSA) is 42.2 Å². The van der Waals surface area contributed by atoms with Gasteiger partial charge in [-0.1, -0.05) is 15.9 Å². The van der Waals surface area contributed by atoms with Gasteiger partial charge in [0.05, 0.1) is 6.04 Å². The molecule has 0 amide bonds. The zero-order chi connectivity index (χ0) is 12.7. The summed E-state index contributed by atoms with van der Waals surface area (Å²) in [6, 6.07) is 8.31. The highest BCUT2D eigenvalue weighted by molar-refractivity contribution is 9.10. The molecular weight excluding hydrogens is 314 g/mol. The Bertz CT molecular complexity index is 610. The van der Waals surface area contributed by atoms with Gasteiger partial charge in [-0.25, -0.2) is 0 Å². The molecule has 3 nitrogen and oxygen atoms in total. The zero-order valence-corrected chi connectivity index (χ0v) is 12.4. The van der Waals surface area contributed by atoms with Crippen molar-refractivity contribution in [1.82, 2.24) is 5.32 Å². The van der Waals surface area contributed by atoms with Crippen LogP contribution in [0.2, 0.25) is 0 Å². The quantitative estimate of drug-likeness (QED) is 0.875. The first-order chi connectivity index (χ1) is 8.61. The van der Waals surface area contributed by atoms with Crippen molar-refractivity contribution in [1.29, 1.82) is 0 Å². The summed E-state index contributed by atoms with van der Waals surface area (Å²) in [6.07, 6.45) is 0. The van der Waals surface area contributed by atoms with E-state index in [-0.39, 0.29) is 12.1 Å². The molecule has 0 bridgehead atoms. The van der Waals surface area contributed by atoms with Crippen molar-refractivity contribution in [3.63, 3.8) is 0 Å². The molecule has 3 atom stereocenters. The molecule has 3 unspecified atom stereocenters. The third kappa shape index (κ3) is 2.39. The third-order valence-electron chi connectivity index (χ3n) is 3.12. The van der Waals surface area contributed by atoms with Gasteiger partial charge < -0.3 is 9.73 Å². The summed E-state index contributed by atoms with van der Waals surface area (Å²) in [4.78, 5) is 0. The van der Waals surface area contributed by atoms with E-state index < -0.39 is 10.8 Å². The minimum atomic E-state index is -0.759. The molecule has 1 aromatic carbocycles. The molecule has 18 heavy (non-hydrogen) atoms. The highest BCUT2D eigenvalue weighted by Gasteiger charge is 2.26. The summed E-state index contributed by atoms with van der Waals surface area (Å²) in [5.74, 6) is 2.23. The Balaban J connectivity index is 1.96. The van der Waals surface area contributed by atoms with E-state index in [1.165, 1.54) is 0 Å². The summed E-state index contributed by atoms with van der Waals surface area (Å²) >= 11 is 3.45. The molecule has 0 aliphatic carbocycles. The highest BCUT2D eigenvalue weighted by Crippen LogP contribution is 2.28. The highest BCUT2D eigenvalue weighted by atomic mass is 79.9. The molecule has 2 aromatic rings. The van der Waals surface area contributed by atoms with E-state index in [0.717, 1.165) is 27.0 Å². The monoisotopic (exact) mass is 327 g/mol. The van der Waals surface area contributed by atoms with Crippen LogP contribution in [0, 0.1) is 0 Å². The summed E-state index contributed by atoms with van der Waals surface area (Å²) in [5, 5.41) is 4.51. The van der Waals surface area contributed by atoms with Crippen molar-refractivity contribution in [2.45, 2.75) is 19.0 Å². The van der Waals surface area contributed by atoms with Crippen molar-refractivity contribution < 1.29 is 8.63 Å². The molecule has 3 rings (SSSR count). The molecule has 0 saturated carbocycles. The Labute approximate surface area is 117 Å². The summed E-state index contributed by atoms with van der Waals surface area (Å²) in [6.45, 7) is 2.06. The summed E-state index contributed by atoms with van der Waals surface area (Å²) in [7, 11) is -0.759. The SMILES string of the molecule is CC1CS(=O)CC(c2cc3cc(Br)ccc3o2)N1. The Morgan fingerprint density at radius 1 is 1.39 bits per heavy atom. The molecule has 1 aromatic heterocycles. The lowest BCUT2D eigenvalue weighted by atomic mass is 10.2. The van der Waals surface area contributed by atoms with E-state index in [1.807, 2.05) is 24.3 Å². The van der Waals surface area contributed by atoms with Crippen LogP contribution in [0.3, 0.4) is 0 Å². The number of rotatable bonds is 1. The van der Waals surface area contributed by atoms with E-state index in [9.17, 15) is 4.21 Å². The van der Waals surface area contributed by atoms with Gasteiger partial charge in [-0.15, -0.1) is 0 Å². The Kier molecular flexibility index (Phi) is 3.30. The van der Waals surface area contributed by atoms with Gasteiger partial charge in [0.15, 0.2) is 0 Å². The van der Waals surface area contributed by atoms with E-state index in [2.05, 4.69) is 28.2 Å². The standard InChI is InChI=1S/C13H14BrNO2S/c1-8-6-18(16)7-11(15-8)13-5-9-4-10(14)2-3-12(9)17-13/h2-5,8,11,15H,6-7H2,1H3. The first-order valence-corrected chi connectivity index (χ1v) is 8.20. The van der Waals surface area contributed by atoms with Crippen LogP contribution in [0.25, 0.3) is 11.0 Å². The maximum Gasteiger partial charge on any atom is 0.134 e. The molecule has 5 heteroatoms. The fourth-order valence-electron chi connectivity index (χ4n) is 2.34. The summed E-state index contributed by atoms with van der Waals surface area (Å²) < 4.78 is 18.6. The van der Waals surface area contributed by atoms with Gasteiger partial charge >= 0.3 is 0 Å². The number of halogens is 1. The van der Waals surface area contributed by atoms with Gasteiger partial charge in [0.1, 0.15) is 11.3 Å². The molecule has 2 heterocycles. The normalized spacial score (nSPS) is 28.7. The molecule has 1 aliphatic heterocycles. The smallest absolute Gasteiger partial charge is 0.134 e. The second kappa shape index (κ2) is 4.79. The van der Waals surface area contributed by atoms with Crippen LogP contribution < -0.4 is 5.32 Å². The molecule has 1 aliphatic rings. The van der Waals surface area contributed by atoms with Crippen molar-refractivity contribution in [2.75, 3.05) is 11.5 Å². The van der Waals surface area contributed by atoms with Crippen LogP contribution in [0.5, 0.6) is 0 Å². The molecule has 0 spiro atoms. The lowest BCUT2D eigenvalue weighted by Crippen LogP contribution is -2.42. The van der Waals surface area contributed by atoms with Crippen LogP contribution >= 0.6 is 15.9 Å².